The summed E-state index contributed by atoms with van der Waals surface area (Å²) in [6.07, 6.45) is 1.75. The minimum absolute atomic E-state index is 0.127. The van der Waals surface area contributed by atoms with Gasteiger partial charge in [-0.1, -0.05) is 19.9 Å². The van der Waals surface area contributed by atoms with Crippen molar-refractivity contribution < 1.29 is 4.92 Å². The molecule has 0 aliphatic rings. The van der Waals surface area contributed by atoms with Gasteiger partial charge in [0, 0.05) is 12.1 Å². The van der Waals surface area contributed by atoms with Crippen LogP contribution in [0.15, 0.2) is 18.2 Å². The molecule has 0 aliphatic heterocycles. The third kappa shape index (κ3) is 3.54. The molecule has 0 radical (unpaired) electrons. The molecule has 5 heteroatoms. The molecule has 0 bridgehead atoms. The standard InChI is InChI=1S/C13H17N3O2/c1-3-12(15-4-2)8-10-5-6-13(16(17)18)11(7-10)9-14/h5-7,12,15H,3-4,8H2,1-2H3. The third-order valence-electron chi connectivity index (χ3n) is 2.85. The Morgan fingerprint density at radius 1 is 1.50 bits per heavy atom. The fourth-order valence-corrected chi connectivity index (χ4v) is 1.89. The number of nitrogens with zero attached hydrogens (tertiary/aromatic N) is 2. The van der Waals surface area contributed by atoms with E-state index in [1.165, 1.54) is 6.07 Å². The van der Waals surface area contributed by atoms with Crippen LogP contribution in [-0.2, 0) is 6.42 Å². The van der Waals surface area contributed by atoms with Gasteiger partial charge in [-0.2, -0.15) is 5.26 Å². The van der Waals surface area contributed by atoms with Gasteiger partial charge in [-0.15, -0.1) is 0 Å². The van der Waals surface area contributed by atoms with Crippen LogP contribution in [0.25, 0.3) is 0 Å². The topological polar surface area (TPSA) is 79.0 Å². The van der Waals surface area contributed by atoms with Crippen LogP contribution in [0.1, 0.15) is 31.4 Å². The zero-order chi connectivity index (χ0) is 13.5. The molecule has 1 rings (SSSR count). The lowest BCUT2D eigenvalue weighted by atomic mass is 10.0. The van der Waals surface area contributed by atoms with Crippen molar-refractivity contribution in [2.45, 2.75) is 32.7 Å². The average molecular weight is 247 g/mol. The first-order valence-corrected chi connectivity index (χ1v) is 6.03. The van der Waals surface area contributed by atoms with Gasteiger partial charge >= 0.3 is 0 Å². The summed E-state index contributed by atoms with van der Waals surface area (Å²) in [6.45, 7) is 5.01. The fraction of sp³-hybridized carbons (Fsp3) is 0.462. The Morgan fingerprint density at radius 3 is 2.72 bits per heavy atom. The number of nitro groups is 1. The zero-order valence-electron chi connectivity index (χ0n) is 10.6. The number of rotatable bonds is 6. The lowest BCUT2D eigenvalue weighted by Gasteiger charge is -2.15. The smallest absolute Gasteiger partial charge is 0.287 e. The molecule has 1 aromatic rings. The molecule has 1 aromatic carbocycles. The monoisotopic (exact) mass is 247 g/mol. The van der Waals surface area contributed by atoms with Crippen molar-refractivity contribution in [2.75, 3.05) is 6.54 Å². The van der Waals surface area contributed by atoms with Crippen LogP contribution in [0.2, 0.25) is 0 Å². The van der Waals surface area contributed by atoms with Crippen molar-refractivity contribution in [2.24, 2.45) is 0 Å². The molecule has 18 heavy (non-hydrogen) atoms. The highest BCUT2D eigenvalue weighted by molar-refractivity contribution is 5.50. The molecule has 0 aliphatic carbocycles. The summed E-state index contributed by atoms with van der Waals surface area (Å²) in [7, 11) is 0. The maximum Gasteiger partial charge on any atom is 0.287 e. The first kappa shape index (κ1) is 14.1. The second-order valence-corrected chi connectivity index (χ2v) is 4.09. The van der Waals surface area contributed by atoms with E-state index in [0.717, 1.165) is 24.9 Å². The number of benzene rings is 1. The number of nitriles is 1. The molecule has 1 atom stereocenters. The highest BCUT2D eigenvalue weighted by Crippen LogP contribution is 2.20. The van der Waals surface area contributed by atoms with Crippen molar-refractivity contribution in [1.29, 1.82) is 5.26 Å². The molecule has 0 fully saturated rings. The van der Waals surface area contributed by atoms with Crippen molar-refractivity contribution in [3.05, 3.63) is 39.4 Å². The van der Waals surface area contributed by atoms with Gasteiger partial charge in [-0.05, 0) is 31.0 Å². The van der Waals surface area contributed by atoms with E-state index in [1.54, 1.807) is 12.1 Å². The van der Waals surface area contributed by atoms with Crippen molar-refractivity contribution in [3.63, 3.8) is 0 Å². The molecular weight excluding hydrogens is 230 g/mol. The molecule has 5 nitrogen and oxygen atoms in total. The second kappa shape index (κ2) is 6.72. The molecule has 0 spiro atoms. The Morgan fingerprint density at radius 2 is 2.22 bits per heavy atom. The van der Waals surface area contributed by atoms with E-state index in [2.05, 4.69) is 12.2 Å². The van der Waals surface area contributed by atoms with Crippen LogP contribution in [0, 0.1) is 21.4 Å². The van der Waals surface area contributed by atoms with Crippen LogP contribution in [0.5, 0.6) is 0 Å². The van der Waals surface area contributed by atoms with Crippen LogP contribution >= 0.6 is 0 Å². The van der Waals surface area contributed by atoms with Crippen molar-refractivity contribution in [1.82, 2.24) is 5.32 Å². The van der Waals surface area contributed by atoms with Gasteiger partial charge < -0.3 is 5.32 Å². The lowest BCUT2D eigenvalue weighted by molar-refractivity contribution is -0.385. The van der Waals surface area contributed by atoms with Gasteiger partial charge in [-0.3, -0.25) is 10.1 Å². The van der Waals surface area contributed by atoms with E-state index in [-0.39, 0.29) is 11.3 Å². The second-order valence-electron chi connectivity index (χ2n) is 4.09. The third-order valence-corrected chi connectivity index (χ3v) is 2.85. The molecule has 0 saturated heterocycles. The van der Waals surface area contributed by atoms with Crippen LogP contribution in [0.4, 0.5) is 5.69 Å². The summed E-state index contributed by atoms with van der Waals surface area (Å²) in [5.41, 5.74) is 0.951. The summed E-state index contributed by atoms with van der Waals surface area (Å²) in [5.74, 6) is 0. The summed E-state index contributed by atoms with van der Waals surface area (Å²) in [4.78, 5) is 10.2. The predicted molar refractivity (Wildman–Crippen MR) is 69.3 cm³/mol. The van der Waals surface area contributed by atoms with E-state index in [4.69, 9.17) is 5.26 Å². The molecule has 1 N–H and O–H groups in total. The number of likely N-dealkylation sites (N-methyl/N-ethyl adjacent to an activating group) is 1. The maximum absolute atomic E-state index is 10.7. The van der Waals surface area contributed by atoms with Gasteiger partial charge in [0.25, 0.3) is 5.69 Å². The van der Waals surface area contributed by atoms with Crippen LogP contribution in [-0.4, -0.2) is 17.5 Å². The van der Waals surface area contributed by atoms with Crippen molar-refractivity contribution in [3.8, 4) is 6.07 Å². The Hall–Kier alpha value is -1.93. The van der Waals surface area contributed by atoms with Gasteiger partial charge in [0.1, 0.15) is 11.6 Å². The number of hydrogen-bond acceptors (Lipinski definition) is 4. The molecule has 96 valence electrons. The highest BCUT2D eigenvalue weighted by atomic mass is 16.6. The van der Waals surface area contributed by atoms with Crippen LogP contribution < -0.4 is 5.32 Å². The van der Waals surface area contributed by atoms with Gasteiger partial charge in [0.05, 0.1) is 4.92 Å². The largest absolute Gasteiger partial charge is 0.314 e. The molecular formula is C13H17N3O2. The SMILES string of the molecule is CCNC(CC)Cc1ccc([N+](=O)[O-])c(C#N)c1. The molecule has 0 heterocycles. The summed E-state index contributed by atoms with van der Waals surface area (Å²) >= 11 is 0. The molecule has 0 saturated carbocycles. The van der Waals surface area contributed by atoms with Gasteiger partial charge in [-0.25, -0.2) is 0 Å². The first-order valence-electron chi connectivity index (χ1n) is 6.03. The first-order chi connectivity index (χ1) is 8.62. The molecule has 0 amide bonds. The number of hydrogen-bond donors (Lipinski definition) is 1. The normalized spacial score (nSPS) is 11.8. The number of nitrogens with one attached hydrogen (secondary N) is 1. The minimum Gasteiger partial charge on any atom is -0.314 e. The van der Waals surface area contributed by atoms with Gasteiger partial charge in [0.15, 0.2) is 0 Å². The van der Waals surface area contributed by atoms with E-state index in [1.807, 2.05) is 13.0 Å². The molecule has 0 aromatic heterocycles. The highest BCUT2D eigenvalue weighted by Gasteiger charge is 2.15. The zero-order valence-corrected chi connectivity index (χ0v) is 10.6. The Labute approximate surface area is 107 Å². The van der Waals surface area contributed by atoms with Gasteiger partial charge in [0.2, 0.25) is 0 Å². The number of nitro benzene ring substituents is 1. The van der Waals surface area contributed by atoms with E-state index in [0.29, 0.717) is 6.04 Å². The minimum atomic E-state index is -0.524. The predicted octanol–water partition coefficient (Wildman–Crippen LogP) is 2.40. The Balaban J connectivity index is 2.92. The maximum atomic E-state index is 10.7. The summed E-state index contributed by atoms with van der Waals surface area (Å²) in [5, 5.41) is 23.0. The molecule has 1 unspecified atom stereocenters. The van der Waals surface area contributed by atoms with E-state index in [9.17, 15) is 10.1 Å². The average Bonchev–Trinajstić information content (AvgIpc) is 2.37. The summed E-state index contributed by atoms with van der Waals surface area (Å²) in [6, 6.07) is 6.95. The van der Waals surface area contributed by atoms with Crippen LogP contribution in [0.3, 0.4) is 0 Å². The van der Waals surface area contributed by atoms with Crippen molar-refractivity contribution >= 4 is 5.69 Å². The summed E-state index contributed by atoms with van der Waals surface area (Å²) < 4.78 is 0. The van der Waals surface area contributed by atoms with E-state index < -0.39 is 4.92 Å². The quantitative estimate of drug-likeness (QED) is 0.618. The Bertz CT molecular complexity index is 466. The lowest BCUT2D eigenvalue weighted by Crippen LogP contribution is -2.30. The Kier molecular flexibility index (Phi) is 5.28. The fourth-order valence-electron chi connectivity index (χ4n) is 1.89. The van der Waals surface area contributed by atoms with E-state index >= 15 is 0 Å².